The highest BCUT2D eigenvalue weighted by atomic mass is 32.2. The molecule has 2 unspecified atom stereocenters. The summed E-state index contributed by atoms with van der Waals surface area (Å²) in [5.41, 5.74) is 5.71. The summed E-state index contributed by atoms with van der Waals surface area (Å²) < 4.78 is 23.0. The van der Waals surface area contributed by atoms with Crippen LogP contribution in [0, 0.1) is 11.8 Å². The van der Waals surface area contributed by atoms with E-state index >= 15 is 0 Å². The largest absolute Gasteiger partial charge is 0.338 e. The van der Waals surface area contributed by atoms with Crippen LogP contribution >= 0.6 is 0 Å². The van der Waals surface area contributed by atoms with Crippen LogP contribution < -0.4 is 5.73 Å². The van der Waals surface area contributed by atoms with E-state index in [0.29, 0.717) is 25.4 Å². The summed E-state index contributed by atoms with van der Waals surface area (Å²) in [4.78, 5) is 13.9. The number of carbonyl (C=O) groups excluding carboxylic acids is 1. The Morgan fingerprint density at radius 1 is 1.42 bits per heavy atom. The molecule has 1 aliphatic heterocycles. The van der Waals surface area contributed by atoms with Gasteiger partial charge in [-0.15, -0.1) is 0 Å². The maximum atomic E-state index is 12.2. The molecule has 5 nitrogen and oxygen atoms in total. The highest BCUT2D eigenvalue weighted by Gasteiger charge is 2.31. The minimum absolute atomic E-state index is 0.0403. The van der Waals surface area contributed by atoms with Crippen molar-refractivity contribution in [1.29, 1.82) is 0 Å². The van der Waals surface area contributed by atoms with Crippen molar-refractivity contribution in [2.75, 3.05) is 24.6 Å². The summed E-state index contributed by atoms with van der Waals surface area (Å²) in [6.07, 6.45) is 1.36. The molecule has 1 saturated heterocycles. The lowest BCUT2D eigenvalue weighted by Crippen LogP contribution is -2.50. The van der Waals surface area contributed by atoms with Gasteiger partial charge in [0.1, 0.15) is 0 Å². The number of hydrogen-bond acceptors (Lipinski definition) is 4. The van der Waals surface area contributed by atoms with E-state index in [4.69, 9.17) is 5.73 Å². The molecular formula is C13H26N2O3S. The second-order valence-corrected chi connectivity index (χ2v) is 8.21. The van der Waals surface area contributed by atoms with Gasteiger partial charge < -0.3 is 10.6 Å². The molecule has 0 bridgehead atoms. The first kappa shape index (κ1) is 16.4. The Labute approximate surface area is 116 Å². The Morgan fingerprint density at radius 2 is 2.05 bits per heavy atom. The molecule has 1 heterocycles. The van der Waals surface area contributed by atoms with E-state index in [1.54, 1.807) is 11.8 Å². The van der Waals surface area contributed by atoms with E-state index < -0.39 is 9.84 Å². The average molecular weight is 290 g/mol. The van der Waals surface area contributed by atoms with Crippen LogP contribution in [-0.2, 0) is 14.6 Å². The molecular weight excluding hydrogens is 264 g/mol. The Morgan fingerprint density at radius 3 is 2.53 bits per heavy atom. The van der Waals surface area contributed by atoms with Crippen molar-refractivity contribution in [3.8, 4) is 0 Å². The van der Waals surface area contributed by atoms with Crippen molar-refractivity contribution >= 4 is 15.7 Å². The number of carbonyl (C=O) groups is 1. The molecule has 0 saturated carbocycles. The van der Waals surface area contributed by atoms with Crippen molar-refractivity contribution in [2.24, 2.45) is 17.6 Å². The monoisotopic (exact) mass is 290 g/mol. The highest BCUT2D eigenvalue weighted by Crippen LogP contribution is 2.19. The molecule has 0 aliphatic carbocycles. The molecule has 2 atom stereocenters. The molecule has 1 fully saturated rings. The van der Waals surface area contributed by atoms with Crippen LogP contribution in [0.2, 0.25) is 0 Å². The topological polar surface area (TPSA) is 80.5 Å². The fraction of sp³-hybridized carbons (Fsp3) is 0.923. The van der Waals surface area contributed by atoms with Gasteiger partial charge in [0.15, 0.2) is 9.84 Å². The van der Waals surface area contributed by atoms with Gasteiger partial charge in [-0.3, -0.25) is 4.79 Å². The number of nitrogens with two attached hydrogens (primary N) is 1. The van der Waals surface area contributed by atoms with Gasteiger partial charge in [-0.2, -0.15) is 0 Å². The molecule has 1 aliphatic rings. The van der Waals surface area contributed by atoms with Crippen LogP contribution in [0.1, 0.15) is 33.6 Å². The van der Waals surface area contributed by atoms with Crippen LogP contribution in [0.25, 0.3) is 0 Å². The van der Waals surface area contributed by atoms with Gasteiger partial charge in [0, 0.05) is 19.0 Å². The fourth-order valence-corrected chi connectivity index (χ4v) is 4.22. The minimum atomic E-state index is -2.97. The first-order valence-corrected chi connectivity index (χ1v) is 8.77. The summed E-state index contributed by atoms with van der Waals surface area (Å²) in [5.74, 6) is 0.911. The zero-order valence-electron chi connectivity index (χ0n) is 12.1. The number of sulfone groups is 1. The SMILES string of the molecule is CC(C)CC(CN)CC(=O)N1CCS(=O)(=O)CC1C. The van der Waals surface area contributed by atoms with Gasteiger partial charge in [0.25, 0.3) is 0 Å². The van der Waals surface area contributed by atoms with E-state index in [1.807, 2.05) is 0 Å². The predicted molar refractivity (Wildman–Crippen MR) is 76.4 cm³/mol. The maximum Gasteiger partial charge on any atom is 0.223 e. The number of hydrogen-bond donors (Lipinski definition) is 1. The molecule has 0 aromatic carbocycles. The Balaban J connectivity index is 2.58. The van der Waals surface area contributed by atoms with Crippen molar-refractivity contribution in [1.82, 2.24) is 4.90 Å². The quantitative estimate of drug-likeness (QED) is 0.806. The normalized spacial score (nSPS) is 24.5. The Bertz CT molecular complexity index is 406. The smallest absolute Gasteiger partial charge is 0.223 e. The van der Waals surface area contributed by atoms with E-state index in [1.165, 1.54) is 0 Å². The third kappa shape index (κ3) is 5.10. The van der Waals surface area contributed by atoms with Crippen molar-refractivity contribution in [2.45, 2.75) is 39.7 Å². The van der Waals surface area contributed by atoms with E-state index in [2.05, 4.69) is 13.8 Å². The van der Waals surface area contributed by atoms with Crippen molar-refractivity contribution in [3.05, 3.63) is 0 Å². The van der Waals surface area contributed by atoms with Crippen molar-refractivity contribution in [3.63, 3.8) is 0 Å². The number of rotatable bonds is 5. The molecule has 1 rings (SSSR count). The second kappa shape index (κ2) is 6.70. The molecule has 19 heavy (non-hydrogen) atoms. The molecule has 6 heteroatoms. The van der Waals surface area contributed by atoms with Gasteiger partial charge in [0.2, 0.25) is 5.91 Å². The summed E-state index contributed by atoms with van der Waals surface area (Å²) in [5, 5.41) is 0. The first-order chi connectivity index (χ1) is 8.75. The molecule has 0 radical (unpaired) electrons. The van der Waals surface area contributed by atoms with E-state index in [9.17, 15) is 13.2 Å². The summed E-state index contributed by atoms with van der Waals surface area (Å²) in [6.45, 7) is 6.85. The second-order valence-electron chi connectivity index (χ2n) is 5.99. The first-order valence-electron chi connectivity index (χ1n) is 6.95. The molecule has 0 aromatic rings. The van der Waals surface area contributed by atoms with Crippen LogP contribution in [0.15, 0.2) is 0 Å². The maximum absolute atomic E-state index is 12.2. The zero-order valence-corrected chi connectivity index (χ0v) is 12.9. The van der Waals surface area contributed by atoms with Gasteiger partial charge in [-0.1, -0.05) is 13.8 Å². The van der Waals surface area contributed by atoms with Gasteiger partial charge in [-0.25, -0.2) is 8.42 Å². The molecule has 1 amide bonds. The lowest BCUT2D eigenvalue weighted by molar-refractivity contribution is -0.133. The lowest BCUT2D eigenvalue weighted by Gasteiger charge is -2.34. The number of amides is 1. The minimum Gasteiger partial charge on any atom is -0.338 e. The molecule has 0 aromatic heterocycles. The summed E-state index contributed by atoms with van der Waals surface area (Å²) in [6, 6.07) is -0.219. The Hall–Kier alpha value is -0.620. The third-order valence-corrected chi connectivity index (χ3v) is 5.39. The van der Waals surface area contributed by atoms with Crippen LogP contribution in [0.5, 0.6) is 0 Å². The van der Waals surface area contributed by atoms with Gasteiger partial charge in [-0.05, 0) is 31.7 Å². The lowest BCUT2D eigenvalue weighted by atomic mass is 9.93. The van der Waals surface area contributed by atoms with Gasteiger partial charge in [0.05, 0.1) is 11.5 Å². The highest BCUT2D eigenvalue weighted by molar-refractivity contribution is 7.91. The number of nitrogens with zero attached hydrogens (tertiary/aromatic N) is 1. The predicted octanol–water partition coefficient (Wildman–Crippen LogP) is 0.643. The molecule has 2 N–H and O–H groups in total. The zero-order chi connectivity index (χ0) is 14.6. The van der Waals surface area contributed by atoms with Crippen LogP contribution in [-0.4, -0.2) is 49.9 Å². The molecule has 112 valence electrons. The summed E-state index contributed by atoms with van der Waals surface area (Å²) in [7, 11) is -2.97. The standard InChI is InChI=1S/C13H26N2O3S/c1-10(2)6-12(8-14)7-13(16)15-4-5-19(17,18)9-11(15)3/h10-12H,4-9,14H2,1-3H3. The third-order valence-electron chi connectivity index (χ3n) is 3.59. The van der Waals surface area contributed by atoms with E-state index in [-0.39, 0.29) is 29.4 Å². The van der Waals surface area contributed by atoms with Crippen LogP contribution in [0.3, 0.4) is 0 Å². The Kier molecular flexibility index (Phi) is 5.80. The van der Waals surface area contributed by atoms with E-state index in [0.717, 1.165) is 6.42 Å². The average Bonchev–Trinajstić information content (AvgIpc) is 2.25. The summed E-state index contributed by atoms with van der Waals surface area (Å²) >= 11 is 0. The van der Waals surface area contributed by atoms with Gasteiger partial charge >= 0.3 is 0 Å². The molecule has 0 spiro atoms. The van der Waals surface area contributed by atoms with Crippen molar-refractivity contribution < 1.29 is 13.2 Å². The van der Waals surface area contributed by atoms with Crippen LogP contribution in [0.4, 0.5) is 0 Å². The fourth-order valence-electron chi connectivity index (χ4n) is 2.66.